The number of urea groups is 1. The molecule has 0 radical (unpaired) electrons. The summed E-state index contributed by atoms with van der Waals surface area (Å²) in [5, 5.41) is 0. The van der Waals surface area contributed by atoms with Gasteiger partial charge in [0.1, 0.15) is 0 Å². The van der Waals surface area contributed by atoms with Crippen molar-refractivity contribution in [2.45, 2.75) is 13.1 Å². The van der Waals surface area contributed by atoms with Crippen LogP contribution in [0.15, 0.2) is 60.7 Å². The molecule has 2 aromatic rings. The van der Waals surface area contributed by atoms with Crippen molar-refractivity contribution in [1.29, 1.82) is 0 Å². The summed E-state index contributed by atoms with van der Waals surface area (Å²) >= 11 is 0. The predicted octanol–water partition coefficient (Wildman–Crippen LogP) is 2.18. The van der Waals surface area contributed by atoms with Crippen molar-refractivity contribution in [3.8, 4) is 0 Å². The van der Waals surface area contributed by atoms with E-state index in [9.17, 15) is 14.4 Å². The maximum atomic E-state index is 12.3. The first-order valence-corrected chi connectivity index (χ1v) is 6.92. The van der Waals surface area contributed by atoms with Gasteiger partial charge in [0, 0.05) is 0 Å². The number of hydrogen-bond acceptors (Lipinski definition) is 3. The Bertz CT molecular complexity index is 652. The number of carbonyl (C=O) groups excluding carboxylic acids is 3. The van der Waals surface area contributed by atoms with Crippen molar-refractivity contribution in [2.75, 3.05) is 0 Å². The lowest BCUT2D eigenvalue weighted by Crippen LogP contribution is -2.32. The van der Waals surface area contributed by atoms with Crippen LogP contribution in [0.5, 0.6) is 0 Å². The molecule has 22 heavy (non-hydrogen) atoms. The van der Waals surface area contributed by atoms with Crippen LogP contribution in [0.3, 0.4) is 0 Å². The topological polar surface area (TPSA) is 57.7 Å². The number of hydrogen-bond donors (Lipinski definition) is 0. The van der Waals surface area contributed by atoms with Crippen LogP contribution >= 0.6 is 0 Å². The van der Waals surface area contributed by atoms with E-state index in [2.05, 4.69) is 0 Å². The molecule has 0 saturated carbocycles. The summed E-state index contributed by atoms with van der Waals surface area (Å²) in [6.45, 7) is 0.213. The van der Waals surface area contributed by atoms with Crippen LogP contribution in [0.1, 0.15) is 11.1 Å². The number of amides is 4. The van der Waals surface area contributed by atoms with Crippen molar-refractivity contribution in [3.63, 3.8) is 0 Å². The minimum atomic E-state index is -0.773. The second-order valence-corrected chi connectivity index (χ2v) is 5.04. The lowest BCUT2D eigenvalue weighted by Gasteiger charge is -2.15. The molecule has 0 atom stereocenters. The fourth-order valence-electron chi connectivity index (χ4n) is 2.36. The standard InChI is InChI=1S/C17H14N2O3/c20-15-16(21)19(12-14-9-5-2-6-10-14)17(22)18(15)11-13-7-3-1-4-8-13/h1-10H,11-12H2. The third-order valence-corrected chi connectivity index (χ3v) is 3.50. The average molecular weight is 294 g/mol. The molecule has 0 N–H and O–H groups in total. The first-order chi connectivity index (χ1) is 10.7. The van der Waals surface area contributed by atoms with E-state index in [1.807, 2.05) is 60.7 Å². The molecule has 110 valence electrons. The Hall–Kier alpha value is -2.95. The maximum absolute atomic E-state index is 12.3. The van der Waals surface area contributed by atoms with Gasteiger partial charge in [0.2, 0.25) is 0 Å². The molecule has 0 spiro atoms. The Morgan fingerprint density at radius 3 is 1.32 bits per heavy atom. The SMILES string of the molecule is O=C1C(=O)N(Cc2ccccc2)C(=O)N1Cc1ccccc1. The molecular formula is C17H14N2O3. The lowest BCUT2D eigenvalue weighted by atomic mass is 10.2. The quantitative estimate of drug-likeness (QED) is 0.641. The van der Waals surface area contributed by atoms with Crippen molar-refractivity contribution in [3.05, 3.63) is 71.8 Å². The molecule has 4 amide bonds. The molecule has 1 saturated heterocycles. The van der Waals surface area contributed by atoms with Gasteiger partial charge in [-0.1, -0.05) is 60.7 Å². The second kappa shape index (κ2) is 5.81. The molecule has 0 aliphatic carbocycles. The Kier molecular flexibility index (Phi) is 3.70. The Balaban J connectivity index is 1.79. The smallest absolute Gasteiger partial charge is 0.263 e. The fourth-order valence-corrected chi connectivity index (χ4v) is 2.36. The molecule has 1 fully saturated rings. The highest BCUT2D eigenvalue weighted by Crippen LogP contribution is 2.18. The summed E-state index contributed by atoms with van der Waals surface area (Å²) in [6.07, 6.45) is 0. The Morgan fingerprint density at radius 2 is 0.955 bits per heavy atom. The summed E-state index contributed by atoms with van der Waals surface area (Å²) < 4.78 is 0. The van der Waals surface area contributed by atoms with Crippen LogP contribution in [-0.2, 0) is 22.7 Å². The van der Waals surface area contributed by atoms with E-state index < -0.39 is 17.8 Å². The van der Waals surface area contributed by atoms with E-state index in [0.717, 1.165) is 20.9 Å². The van der Waals surface area contributed by atoms with Gasteiger partial charge in [-0.3, -0.25) is 19.4 Å². The first-order valence-electron chi connectivity index (χ1n) is 6.92. The second-order valence-electron chi connectivity index (χ2n) is 5.04. The van der Waals surface area contributed by atoms with Crippen LogP contribution in [0.4, 0.5) is 4.79 Å². The molecule has 5 heteroatoms. The zero-order chi connectivity index (χ0) is 15.5. The maximum Gasteiger partial charge on any atom is 0.334 e. The molecule has 0 bridgehead atoms. The van der Waals surface area contributed by atoms with E-state index in [4.69, 9.17) is 0 Å². The Labute approximate surface area is 127 Å². The van der Waals surface area contributed by atoms with E-state index in [1.54, 1.807) is 0 Å². The van der Waals surface area contributed by atoms with Crippen LogP contribution in [-0.4, -0.2) is 27.6 Å². The van der Waals surface area contributed by atoms with Crippen LogP contribution < -0.4 is 0 Å². The highest BCUT2D eigenvalue weighted by atomic mass is 16.2. The zero-order valence-corrected chi connectivity index (χ0v) is 11.8. The van der Waals surface area contributed by atoms with Crippen LogP contribution in [0.2, 0.25) is 0 Å². The zero-order valence-electron chi connectivity index (χ0n) is 11.8. The normalized spacial score (nSPS) is 14.8. The Morgan fingerprint density at radius 1 is 0.591 bits per heavy atom. The highest BCUT2D eigenvalue weighted by molar-refractivity contribution is 6.44. The molecule has 3 rings (SSSR count). The molecule has 1 heterocycles. The number of imide groups is 2. The van der Waals surface area contributed by atoms with Crippen molar-refractivity contribution >= 4 is 17.8 Å². The molecular weight excluding hydrogens is 280 g/mol. The van der Waals surface area contributed by atoms with Gasteiger partial charge < -0.3 is 0 Å². The molecule has 0 unspecified atom stereocenters. The van der Waals surface area contributed by atoms with Gasteiger partial charge in [-0.05, 0) is 11.1 Å². The first kappa shape index (κ1) is 14.0. The van der Waals surface area contributed by atoms with Gasteiger partial charge in [0.25, 0.3) is 0 Å². The van der Waals surface area contributed by atoms with Gasteiger partial charge >= 0.3 is 17.8 Å². The lowest BCUT2D eigenvalue weighted by molar-refractivity contribution is -0.143. The van der Waals surface area contributed by atoms with Crippen LogP contribution in [0, 0.1) is 0 Å². The van der Waals surface area contributed by atoms with Crippen LogP contribution in [0.25, 0.3) is 0 Å². The van der Waals surface area contributed by atoms with E-state index in [0.29, 0.717) is 0 Å². The summed E-state index contributed by atoms with van der Waals surface area (Å²) in [5.41, 5.74) is 1.61. The molecule has 1 aliphatic heterocycles. The number of rotatable bonds is 4. The molecule has 0 aromatic heterocycles. The largest absolute Gasteiger partial charge is 0.334 e. The number of nitrogens with zero attached hydrogens (tertiary/aromatic N) is 2. The molecule has 1 aliphatic rings. The van der Waals surface area contributed by atoms with Crippen molar-refractivity contribution in [1.82, 2.24) is 9.80 Å². The van der Waals surface area contributed by atoms with Gasteiger partial charge in [-0.15, -0.1) is 0 Å². The third-order valence-electron chi connectivity index (χ3n) is 3.50. The predicted molar refractivity (Wildman–Crippen MR) is 79.4 cm³/mol. The van der Waals surface area contributed by atoms with Gasteiger partial charge in [0.15, 0.2) is 0 Å². The number of carbonyl (C=O) groups is 3. The molecule has 2 aromatic carbocycles. The summed E-state index contributed by atoms with van der Waals surface area (Å²) in [5.74, 6) is -1.55. The summed E-state index contributed by atoms with van der Waals surface area (Å²) in [6, 6.07) is 17.7. The number of benzene rings is 2. The molecule has 5 nitrogen and oxygen atoms in total. The van der Waals surface area contributed by atoms with Crippen molar-refractivity contribution < 1.29 is 14.4 Å². The average Bonchev–Trinajstić information content (AvgIpc) is 2.75. The van der Waals surface area contributed by atoms with E-state index >= 15 is 0 Å². The summed E-state index contributed by atoms with van der Waals surface area (Å²) in [4.78, 5) is 38.4. The fraction of sp³-hybridized carbons (Fsp3) is 0.118. The van der Waals surface area contributed by atoms with Gasteiger partial charge in [-0.25, -0.2) is 4.79 Å². The van der Waals surface area contributed by atoms with Gasteiger partial charge in [0.05, 0.1) is 13.1 Å². The van der Waals surface area contributed by atoms with Gasteiger partial charge in [-0.2, -0.15) is 0 Å². The minimum absolute atomic E-state index is 0.107. The van der Waals surface area contributed by atoms with E-state index in [1.165, 1.54) is 0 Å². The highest BCUT2D eigenvalue weighted by Gasteiger charge is 2.44. The van der Waals surface area contributed by atoms with Crippen molar-refractivity contribution in [2.24, 2.45) is 0 Å². The van der Waals surface area contributed by atoms with E-state index in [-0.39, 0.29) is 13.1 Å². The minimum Gasteiger partial charge on any atom is -0.263 e. The monoisotopic (exact) mass is 294 g/mol. The summed E-state index contributed by atoms with van der Waals surface area (Å²) in [7, 11) is 0. The third kappa shape index (κ3) is 2.61.